The molecule has 3 rings (SSSR count). The minimum absolute atomic E-state index is 0.159. The van der Waals surface area contributed by atoms with Gasteiger partial charge in [0.15, 0.2) is 10.8 Å². The summed E-state index contributed by atoms with van der Waals surface area (Å²) in [5, 5.41) is 5.81. The van der Waals surface area contributed by atoms with Gasteiger partial charge in [-0.3, -0.25) is 0 Å². The van der Waals surface area contributed by atoms with Crippen molar-refractivity contribution in [1.29, 1.82) is 0 Å². The third-order valence-corrected chi connectivity index (χ3v) is 4.75. The van der Waals surface area contributed by atoms with Crippen molar-refractivity contribution in [3.05, 3.63) is 47.7 Å². The van der Waals surface area contributed by atoms with E-state index in [-0.39, 0.29) is 16.9 Å². The van der Waals surface area contributed by atoms with E-state index in [1.165, 1.54) is 0 Å². The third-order valence-electron chi connectivity index (χ3n) is 4.51. The molecule has 2 heterocycles. The Morgan fingerprint density at radius 2 is 2.00 bits per heavy atom. The Hall–Kier alpha value is -2.42. The Balaban J connectivity index is 1.75. The zero-order chi connectivity index (χ0) is 20.1. The van der Waals surface area contributed by atoms with Crippen molar-refractivity contribution in [3.63, 3.8) is 0 Å². The molecule has 1 fully saturated rings. The first-order chi connectivity index (χ1) is 13.3. The quantitative estimate of drug-likeness (QED) is 0.738. The van der Waals surface area contributed by atoms with E-state index in [1.54, 1.807) is 0 Å². The molecule has 0 bridgehead atoms. The largest absolute Gasteiger partial charge is 0.433 e. The molecular formula is C19H22F3N5S. The van der Waals surface area contributed by atoms with Gasteiger partial charge in [-0.05, 0) is 36.5 Å². The summed E-state index contributed by atoms with van der Waals surface area (Å²) in [6.45, 7) is 3.88. The number of aromatic nitrogens is 2. The van der Waals surface area contributed by atoms with Crippen molar-refractivity contribution in [2.24, 2.45) is 5.92 Å². The number of thiocarbonyl (C=S) groups is 1. The smallest absolute Gasteiger partial charge is 0.358 e. The SMILES string of the molecule is C[C@H]1CCCN(c2cc(C(F)(F)F)nc(NC(=S)NCc3ccccc3)n2)C1. The lowest BCUT2D eigenvalue weighted by atomic mass is 10.0. The first-order valence-corrected chi connectivity index (χ1v) is 9.52. The number of halogens is 3. The highest BCUT2D eigenvalue weighted by atomic mass is 32.1. The van der Waals surface area contributed by atoms with Crippen LogP contribution in [0, 0.1) is 5.92 Å². The van der Waals surface area contributed by atoms with Crippen LogP contribution in [-0.4, -0.2) is 28.2 Å². The number of hydrogen-bond donors (Lipinski definition) is 2. The number of nitrogens with zero attached hydrogens (tertiary/aromatic N) is 3. The number of rotatable bonds is 4. The molecule has 1 saturated heterocycles. The summed E-state index contributed by atoms with van der Waals surface area (Å²) in [6.07, 6.45) is -2.58. The fourth-order valence-electron chi connectivity index (χ4n) is 3.12. The normalized spacial score (nSPS) is 17.3. The van der Waals surface area contributed by atoms with E-state index < -0.39 is 11.9 Å². The standard InChI is InChI=1S/C19H22F3N5S/c1-13-6-5-9-27(12-13)16-10-15(19(20,21)22)24-17(25-16)26-18(28)23-11-14-7-3-2-4-8-14/h2-4,7-8,10,13H,5-6,9,11-12H2,1H3,(H2,23,24,25,26,28)/t13-/m0/s1. The molecule has 2 aromatic rings. The van der Waals surface area contributed by atoms with Crippen molar-refractivity contribution >= 4 is 29.1 Å². The maximum Gasteiger partial charge on any atom is 0.433 e. The van der Waals surface area contributed by atoms with E-state index in [0.29, 0.717) is 25.6 Å². The Bertz CT molecular complexity index is 813. The Labute approximate surface area is 167 Å². The Morgan fingerprint density at radius 1 is 1.25 bits per heavy atom. The van der Waals surface area contributed by atoms with E-state index in [4.69, 9.17) is 12.2 Å². The number of hydrogen-bond acceptors (Lipinski definition) is 4. The highest BCUT2D eigenvalue weighted by molar-refractivity contribution is 7.80. The summed E-state index contributed by atoms with van der Waals surface area (Å²) in [7, 11) is 0. The van der Waals surface area contributed by atoms with Gasteiger partial charge in [-0.25, -0.2) is 4.98 Å². The van der Waals surface area contributed by atoms with Gasteiger partial charge in [-0.1, -0.05) is 37.3 Å². The van der Waals surface area contributed by atoms with Gasteiger partial charge in [-0.15, -0.1) is 0 Å². The summed E-state index contributed by atoms with van der Waals surface area (Å²) in [5.74, 6) is 0.513. The molecule has 9 heteroatoms. The third kappa shape index (κ3) is 5.54. The van der Waals surface area contributed by atoms with Crippen LogP contribution < -0.4 is 15.5 Å². The van der Waals surface area contributed by atoms with Gasteiger partial charge in [0.05, 0.1) is 0 Å². The zero-order valence-electron chi connectivity index (χ0n) is 15.5. The molecule has 2 N–H and O–H groups in total. The molecule has 5 nitrogen and oxygen atoms in total. The monoisotopic (exact) mass is 409 g/mol. The minimum atomic E-state index is -4.56. The first-order valence-electron chi connectivity index (χ1n) is 9.11. The lowest BCUT2D eigenvalue weighted by Gasteiger charge is -2.32. The topological polar surface area (TPSA) is 53.1 Å². The molecule has 0 spiro atoms. The fourth-order valence-corrected chi connectivity index (χ4v) is 3.28. The van der Waals surface area contributed by atoms with Gasteiger partial charge in [0, 0.05) is 25.7 Å². The maximum atomic E-state index is 13.3. The van der Waals surface area contributed by atoms with E-state index in [0.717, 1.165) is 24.5 Å². The lowest BCUT2D eigenvalue weighted by molar-refractivity contribution is -0.141. The maximum absolute atomic E-state index is 13.3. The molecule has 0 unspecified atom stereocenters. The van der Waals surface area contributed by atoms with Gasteiger partial charge in [0.25, 0.3) is 0 Å². The lowest BCUT2D eigenvalue weighted by Crippen LogP contribution is -2.35. The number of piperidine rings is 1. The van der Waals surface area contributed by atoms with Crippen LogP contribution >= 0.6 is 12.2 Å². The first kappa shape index (κ1) is 20.3. The molecule has 1 aliphatic rings. The van der Waals surface area contributed by atoms with Crippen molar-refractivity contribution in [2.75, 3.05) is 23.3 Å². The average Bonchev–Trinajstić information content (AvgIpc) is 2.66. The van der Waals surface area contributed by atoms with Gasteiger partial charge >= 0.3 is 6.18 Å². The number of alkyl halides is 3. The Morgan fingerprint density at radius 3 is 2.68 bits per heavy atom. The second-order valence-electron chi connectivity index (χ2n) is 6.92. The number of anilines is 2. The second-order valence-corrected chi connectivity index (χ2v) is 7.33. The van der Waals surface area contributed by atoms with Crippen LogP contribution in [0.1, 0.15) is 31.0 Å². The summed E-state index contributed by atoms with van der Waals surface area (Å²) >= 11 is 5.19. The molecule has 1 aromatic carbocycles. The van der Waals surface area contributed by atoms with E-state index in [2.05, 4.69) is 27.5 Å². The number of nitrogens with one attached hydrogen (secondary N) is 2. The molecule has 1 aliphatic heterocycles. The molecule has 1 atom stereocenters. The predicted octanol–water partition coefficient (Wildman–Crippen LogP) is 4.22. The molecular weight excluding hydrogens is 387 g/mol. The van der Waals surface area contributed by atoms with Gasteiger partial charge < -0.3 is 15.5 Å². The van der Waals surface area contributed by atoms with Crippen LogP contribution in [0.2, 0.25) is 0 Å². The highest BCUT2D eigenvalue weighted by Gasteiger charge is 2.34. The van der Waals surface area contributed by atoms with E-state index in [9.17, 15) is 13.2 Å². The van der Waals surface area contributed by atoms with E-state index in [1.807, 2.05) is 35.2 Å². The van der Waals surface area contributed by atoms with Crippen LogP contribution in [0.3, 0.4) is 0 Å². The second kappa shape index (κ2) is 8.72. The Kier molecular flexibility index (Phi) is 6.33. The minimum Gasteiger partial charge on any atom is -0.358 e. The predicted molar refractivity (Wildman–Crippen MR) is 107 cm³/mol. The molecule has 0 aliphatic carbocycles. The van der Waals surface area contributed by atoms with Crippen molar-refractivity contribution < 1.29 is 13.2 Å². The summed E-state index contributed by atoms with van der Waals surface area (Å²) in [6, 6.07) is 10.5. The summed E-state index contributed by atoms with van der Waals surface area (Å²) < 4.78 is 39.9. The van der Waals surface area contributed by atoms with Gasteiger partial charge in [0.1, 0.15) is 5.82 Å². The van der Waals surface area contributed by atoms with Crippen LogP contribution in [-0.2, 0) is 12.7 Å². The zero-order valence-corrected chi connectivity index (χ0v) is 16.3. The molecule has 150 valence electrons. The molecule has 0 saturated carbocycles. The highest BCUT2D eigenvalue weighted by Crippen LogP contribution is 2.31. The summed E-state index contributed by atoms with van der Waals surface area (Å²) in [4.78, 5) is 9.76. The summed E-state index contributed by atoms with van der Waals surface area (Å²) in [5.41, 5.74) is 0.0173. The van der Waals surface area contributed by atoms with Crippen molar-refractivity contribution in [3.8, 4) is 0 Å². The molecule has 0 radical (unpaired) electrons. The molecule has 28 heavy (non-hydrogen) atoms. The van der Waals surface area contributed by atoms with Crippen LogP contribution in [0.15, 0.2) is 36.4 Å². The van der Waals surface area contributed by atoms with Crippen molar-refractivity contribution in [2.45, 2.75) is 32.5 Å². The van der Waals surface area contributed by atoms with Crippen LogP contribution in [0.4, 0.5) is 24.9 Å². The van der Waals surface area contributed by atoms with Gasteiger partial charge in [-0.2, -0.15) is 18.2 Å². The van der Waals surface area contributed by atoms with Crippen LogP contribution in [0.5, 0.6) is 0 Å². The van der Waals surface area contributed by atoms with Gasteiger partial charge in [0.2, 0.25) is 5.95 Å². The average molecular weight is 409 g/mol. The molecule has 0 amide bonds. The van der Waals surface area contributed by atoms with Crippen LogP contribution in [0.25, 0.3) is 0 Å². The van der Waals surface area contributed by atoms with E-state index >= 15 is 0 Å². The fraction of sp³-hybridized carbons (Fsp3) is 0.421. The van der Waals surface area contributed by atoms with Crippen molar-refractivity contribution in [1.82, 2.24) is 15.3 Å². The number of benzene rings is 1. The molecule has 1 aromatic heterocycles.